The highest BCUT2D eigenvalue weighted by atomic mass is 32.2. The molecule has 3 aromatic rings. The zero-order valence-corrected chi connectivity index (χ0v) is 14.8. The lowest BCUT2D eigenvalue weighted by molar-refractivity contribution is -0.115. The van der Waals surface area contributed by atoms with E-state index in [9.17, 15) is 13.6 Å². The number of benzene rings is 1. The monoisotopic (exact) mass is 392 g/mol. The molecule has 0 saturated carbocycles. The number of hydrogen-bond acceptors (Lipinski definition) is 7. The Balaban J connectivity index is 1.64. The average molecular weight is 392 g/mol. The fourth-order valence-corrected chi connectivity index (χ4v) is 2.75. The Morgan fingerprint density at radius 2 is 2.04 bits per heavy atom. The van der Waals surface area contributed by atoms with Crippen molar-refractivity contribution in [3.8, 4) is 17.2 Å². The zero-order valence-electron chi connectivity index (χ0n) is 14.0. The summed E-state index contributed by atoms with van der Waals surface area (Å²) in [5.74, 6) is -0.255. The number of halogens is 2. The Bertz CT molecular complexity index is 908. The molecule has 7 nitrogen and oxygen atoms in total. The lowest BCUT2D eigenvalue weighted by atomic mass is 10.3. The molecule has 0 unspecified atom stereocenters. The van der Waals surface area contributed by atoms with Gasteiger partial charge in [-0.2, -0.15) is 8.78 Å². The number of alkyl halides is 2. The first kappa shape index (κ1) is 18.8. The SMILES string of the molecule is C[C@H](Sc1nnc(-c2cccnc2)o1)C(=O)Nc1ccccc1OC(F)F. The summed E-state index contributed by atoms with van der Waals surface area (Å²) in [6.07, 6.45) is 3.20. The van der Waals surface area contributed by atoms with Crippen molar-refractivity contribution in [3.63, 3.8) is 0 Å². The second-order valence-electron chi connectivity index (χ2n) is 5.24. The second kappa shape index (κ2) is 8.58. The highest BCUT2D eigenvalue weighted by Crippen LogP contribution is 2.29. The van der Waals surface area contributed by atoms with E-state index in [-0.39, 0.29) is 22.6 Å². The number of nitrogens with zero attached hydrogens (tertiary/aromatic N) is 3. The summed E-state index contributed by atoms with van der Waals surface area (Å²) in [6.45, 7) is -1.36. The summed E-state index contributed by atoms with van der Waals surface area (Å²) in [4.78, 5) is 16.3. The summed E-state index contributed by atoms with van der Waals surface area (Å²) in [5, 5.41) is 9.95. The van der Waals surface area contributed by atoms with Gasteiger partial charge in [-0.1, -0.05) is 23.9 Å². The number of aromatic nitrogens is 3. The van der Waals surface area contributed by atoms with Crippen LogP contribution in [0.4, 0.5) is 14.5 Å². The first-order valence-corrected chi connectivity index (χ1v) is 8.66. The van der Waals surface area contributed by atoms with Gasteiger partial charge < -0.3 is 14.5 Å². The molecule has 0 bridgehead atoms. The lowest BCUT2D eigenvalue weighted by Crippen LogP contribution is -2.23. The largest absolute Gasteiger partial charge is 0.433 e. The number of carbonyl (C=O) groups excluding carboxylic acids is 1. The minimum atomic E-state index is -2.99. The Labute approximate surface area is 157 Å². The molecular formula is C17H14F2N4O3S. The molecule has 1 atom stereocenters. The van der Waals surface area contributed by atoms with Crippen molar-refractivity contribution in [3.05, 3.63) is 48.8 Å². The maximum atomic E-state index is 12.5. The third-order valence-corrected chi connectivity index (χ3v) is 4.26. The molecule has 0 spiro atoms. The van der Waals surface area contributed by atoms with Crippen LogP contribution in [0.15, 0.2) is 58.4 Å². The van der Waals surface area contributed by atoms with Crippen molar-refractivity contribution in [2.24, 2.45) is 0 Å². The van der Waals surface area contributed by atoms with Crippen molar-refractivity contribution >= 4 is 23.4 Å². The predicted octanol–water partition coefficient (Wildman–Crippen LogP) is 3.85. The number of carbonyl (C=O) groups is 1. The summed E-state index contributed by atoms with van der Waals surface area (Å²) < 4.78 is 34.8. The van der Waals surface area contributed by atoms with Gasteiger partial charge in [-0.25, -0.2) is 0 Å². The second-order valence-corrected chi connectivity index (χ2v) is 6.53. The van der Waals surface area contributed by atoms with Gasteiger partial charge in [0.1, 0.15) is 5.75 Å². The molecule has 1 aromatic carbocycles. The predicted molar refractivity (Wildman–Crippen MR) is 94.6 cm³/mol. The Hall–Kier alpha value is -3.01. The van der Waals surface area contributed by atoms with E-state index in [0.29, 0.717) is 5.56 Å². The maximum Gasteiger partial charge on any atom is 0.387 e. The first-order chi connectivity index (χ1) is 13.0. The van der Waals surface area contributed by atoms with Crippen LogP contribution in [-0.2, 0) is 4.79 Å². The Morgan fingerprint density at radius 1 is 1.22 bits per heavy atom. The van der Waals surface area contributed by atoms with E-state index in [2.05, 4.69) is 25.2 Å². The average Bonchev–Trinajstić information content (AvgIpc) is 3.12. The number of nitrogens with one attached hydrogen (secondary N) is 1. The molecule has 0 aliphatic carbocycles. The van der Waals surface area contributed by atoms with Gasteiger partial charge in [0, 0.05) is 12.4 Å². The van der Waals surface area contributed by atoms with E-state index in [0.717, 1.165) is 11.8 Å². The molecule has 3 rings (SSSR count). The molecule has 27 heavy (non-hydrogen) atoms. The van der Waals surface area contributed by atoms with Crippen LogP contribution in [0, 0.1) is 0 Å². The van der Waals surface area contributed by atoms with Crippen LogP contribution in [0.5, 0.6) is 5.75 Å². The molecule has 10 heteroatoms. The fourth-order valence-electron chi connectivity index (χ4n) is 2.07. The number of pyridine rings is 1. The lowest BCUT2D eigenvalue weighted by Gasteiger charge is -2.13. The van der Waals surface area contributed by atoms with Crippen molar-refractivity contribution < 1.29 is 22.7 Å². The summed E-state index contributed by atoms with van der Waals surface area (Å²) in [5.41, 5.74) is 0.809. The third-order valence-electron chi connectivity index (χ3n) is 3.32. The van der Waals surface area contributed by atoms with E-state index in [1.165, 1.54) is 18.2 Å². The highest BCUT2D eigenvalue weighted by Gasteiger charge is 2.20. The van der Waals surface area contributed by atoms with Crippen molar-refractivity contribution in [2.45, 2.75) is 24.0 Å². The Morgan fingerprint density at radius 3 is 2.78 bits per heavy atom. The molecule has 2 aromatic heterocycles. The quantitative estimate of drug-likeness (QED) is 0.611. The minimum absolute atomic E-state index is 0.116. The van der Waals surface area contributed by atoms with Gasteiger partial charge >= 0.3 is 6.61 Å². The van der Waals surface area contributed by atoms with Gasteiger partial charge in [0.05, 0.1) is 16.5 Å². The number of hydrogen-bond donors (Lipinski definition) is 1. The van der Waals surface area contributed by atoms with Gasteiger partial charge in [-0.05, 0) is 31.2 Å². The number of rotatable bonds is 7. The van der Waals surface area contributed by atoms with Crippen LogP contribution < -0.4 is 10.1 Å². The molecule has 0 aliphatic heterocycles. The van der Waals surface area contributed by atoms with Crippen LogP contribution in [0.3, 0.4) is 0 Å². The van der Waals surface area contributed by atoms with E-state index >= 15 is 0 Å². The number of para-hydroxylation sites is 2. The minimum Gasteiger partial charge on any atom is -0.433 e. The van der Waals surface area contributed by atoms with E-state index < -0.39 is 17.8 Å². The van der Waals surface area contributed by atoms with Crippen LogP contribution in [0.1, 0.15) is 6.92 Å². The zero-order chi connectivity index (χ0) is 19.2. The number of anilines is 1. The first-order valence-electron chi connectivity index (χ1n) is 7.78. The highest BCUT2D eigenvalue weighted by molar-refractivity contribution is 8.00. The van der Waals surface area contributed by atoms with Gasteiger partial charge in [-0.3, -0.25) is 9.78 Å². The van der Waals surface area contributed by atoms with Crippen LogP contribution in [-0.4, -0.2) is 32.9 Å². The van der Waals surface area contributed by atoms with E-state index in [4.69, 9.17) is 4.42 Å². The van der Waals surface area contributed by atoms with Crippen LogP contribution in [0.25, 0.3) is 11.5 Å². The molecule has 0 saturated heterocycles. The molecule has 0 aliphatic rings. The summed E-state index contributed by atoms with van der Waals surface area (Å²) >= 11 is 1.04. The number of thioether (sulfide) groups is 1. The van der Waals surface area contributed by atoms with Gasteiger partial charge in [0.15, 0.2) is 0 Å². The van der Waals surface area contributed by atoms with Gasteiger partial charge in [0.2, 0.25) is 11.8 Å². The van der Waals surface area contributed by atoms with E-state index in [1.54, 1.807) is 37.5 Å². The smallest absolute Gasteiger partial charge is 0.387 e. The van der Waals surface area contributed by atoms with Crippen LogP contribution >= 0.6 is 11.8 Å². The fraction of sp³-hybridized carbons (Fsp3) is 0.176. The molecule has 140 valence electrons. The molecular weight excluding hydrogens is 378 g/mol. The maximum absolute atomic E-state index is 12.5. The van der Waals surface area contributed by atoms with Crippen molar-refractivity contribution in [1.29, 1.82) is 0 Å². The molecule has 0 fully saturated rings. The van der Waals surface area contributed by atoms with Gasteiger partial charge in [0.25, 0.3) is 5.22 Å². The number of ether oxygens (including phenoxy) is 1. The van der Waals surface area contributed by atoms with E-state index in [1.807, 2.05) is 0 Å². The molecule has 2 heterocycles. The normalized spacial score (nSPS) is 12.0. The standard InChI is InChI=1S/C17H14F2N4O3S/c1-10(14(24)21-12-6-2-3-7-13(12)25-16(18)19)27-17-23-22-15(26-17)11-5-4-8-20-9-11/h2-10,16H,1H3,(H,21,24)/t10-/m0/s1. The third kappa shape index (κ3) is 5.00. The molecule has 1 N–H and O–H groups in total. The van der Waals surface area contributed by atoms with Crippen LogP contribution in [0.2, 0.25) is 0 Å². The summed E-state index contributed by atoms with van der Waals surface area (Å²) in [7, 11) is 0. The number of amides is 1. The van der Waals surface area contributed by atoms with Crippen molar-refractivity contribution in [1.82, 2.24) is 15.2 Å². The summed E-state index contributed by atoms with van der Waals surface area (Å²) in [6, 6.07) is 9.46. The molecule has 0 radical (unpaired) electrons. The van der Waals surface area contributed by atoms with Gasteiger partial charge in [-0.15, -0.1) is 10.2 Å². The molecule has 1 amide bonds. The topological polar surface area (TPSA) is 90.1 Å². The van der Waals surface area contributed by atoms with Crippen molar-refractivity contribution in [2.75, 3.05) is 5.32 Å². The Kier molecular flexibility index (Phi) is 5.97.